The predicted octanol–water partition coefficient (Wildman–Crippen LogP) is 1.50. The molecule has 0 bridgehead atoms. The number of anilines is 1. The topological polar surface area (TPSA) is 94.3 Å². The second kappa shape index (κ2) is 5.12. The van der Waals surface area contributed by atoms with Gasteiger partial charge in [-0.25, -0.2) is 0 Å². The summed E-state index contributed by atoms with van der Waals surface area (Å²) in [4.78, 5) is 0. The number of ether oxygens (including phenoxy) is 2. The predicted molar refractivity (Wildman–Crippen MR) is 66.4 cm³/mol. The summed E-state index contributed by atoms with van der Waals surface area (Å²) in [5, 5.41) is 8.76. The lowest BCUT2D eigenvalue weighted by molar-refractivity contribution is 0.355. The fourth-order valence-corrected chi connectivity index (χ4v) is 1.45. The minimum Gasteiger partial charge on any atom is -0.493 e. The average molecular weight is 233 g/mol. The molecule has 1 aromatic rings. The first-order valence-corrected chi connectivity index (χ1v) is 4.93. The quantitative estimate of drug-likeness (QED) is 0.609. The van der Waals surface area contributed by atoms with Gasteiger partial charge in [-0.3, -0.25) is 0 Å². The number of nitrogens with zero attached hydrogens (tertiary/aromatic N) is 1. The molecule has 5 heteroatoms. The maximum atomic E-state index is 8.76. The van der Waals surface area contributed by atoms with Crippen molar-refractivity contribution in [1.82, 2.24) is 0 Å². The van der Waals surface area contributed by atoms with Gasteiger partial charge in [0.1, 0.15) is 11.8 Å². The first-order valence-electron chi connectivity index (χ1n) is 4.93. The van der Waals surface area contributed by atoms with Crippen LogP contribution in [0.15, 0.2) is 17.8 Å². The summed E-state index contributed by atoms with van der Waals surface area (Å²) in [6, 6.07) is 5.23. The Morgan fingerprint density at radius 1 is 1.24 bits per heavy atom. The van der Waals surface area contributed by atoms with Gasteiger partial charge in [-0.2, -0.15) is 5.26 Å². The van der Waals surface area contributed by atoms with Crippen molar-refractivity contribution in [1.29, 1.82) is 5.26 Å². The summed E-state index contributed by atoms with van der Waals surface area (Å²) < 4.78 is 10.3. The maximum absolute atomic E-state index is 8.76. The molecule has 0 unspecified atom stereocenters. The normalized spacial score (nSPS) is 11.4. The molecule has 0 aliphatic carbocycles. The van der Waals surface area contributed by atoms with E-state index in [1.807, 2.05) is 6.07 Å². The third-order valence-corrected chi connectivity index (χ3v) is 2.48. The second-order valence-electron chi connectivity index (χ2n) is 3.44. The molecule has 1 rings (SSSR count). The van der Waals surface area contributed by atoms with Crippen LogP contribution in [0.1, 0.15) is 12.5 Å². The number of allylic oxidation sites excluding steroid dienone is 2. The maximum Gasteiger partial charge on any atom is 0.162 e. The number of hydrogen-bond donors (Lipinski definition) is 2. The summed E-state index contributed by atoms with van der Waals surface area (Å²) in [6.07, 6.45) is 0. The van der Waals surface area contributed by atoms with E-state index in [1.165, 1.54) is 14.2 Å². The SMILES string of the molecule is COc1cc(N)c(/C(C)=C(\N)C#N)cc1OC. The summed E-state index contributed by atoms with van der Waals surface area (Å²) in [5.41, 5.74) is 13.3. The minimum atomic E-state index is 0.129. The smallest absolute Gasteiger partial charge is 0.162 e. The van der Waals surface area contributed by atoms with Crippen molar-refractivity contribution in [2.75, 3.05) is 20.0 Å². The number of benzene rings is 1. The van der Waals surface area contributed by atoms with E-state index in [0.29, 0.717) is 28.3 Å². The van der Waals surface area contributed by atoms with Gasteiger partial charge in [0.05, 0.1) is 14.2 Å². The largest absolute Gasteiger partial charge is 0.493 e. The summed E-state index contributed by atoms with van der Waals surface area (Å²) in [5.74, 6) is 1.08. The Kier molecular flexibility index (Phi) is 3.83. The fourth-order valence-electron chi connectivity index (χ4n) is 1.45. The minimum absolute atomic E-state index is 0.129. The first kappa shape index (κ1) is 12.7. The number of nitrogen functional groups attached to an aromatic ring is 1. The Balaban J connectivity index is 3.43. The van der Waals surface area contributed by atoms with Crippen molar-refractivity contribution in [2.45, 2.75) is 6.92 Å². The molecule has 5 nitrogen and oxygen atoms in total. The van der Waals surface area contributed by atoms with Crippen molar-refractivity contribution >= 4 is 11.3 Å². The zero-order valence-electron chi connectivity index (χ0n) is 10.1. The van der Waals surface area contributed by atoms with E-state index >= 15 is 0 Å². The zero-order valence-corrected chi connectivity index (χ0v) is 10.1. The lowest BCUT2D eigenvalue weighted by Crippen LogP contribution is -2.02. The summed E-state index contributed by atoms with van der Waals surface area (Å²) >= 11 is 0. The van der Waals surface area contributed by atoms with Crippen molar-refractivity contribution in [2.24, 2.45) is 5.73 Å². The highest BCUT2D eigenvalue weighted by Crippen LogP contribution is 2.35. The highest BCUT2D eigenvalue weighted by molar-refractivity contribution is 5.79. The van der Waals surface area contributed by atoms with E-state index in [0.717, 1.165) is 0 Å². The molecular weight excluding hydrogens is 218 g/mol. The Bertz CT molecular complexity index is 501. The van der Waals surface area contributed by atoms with E-state index in [-0.39, 0.29) is 5.70 Å². The van der Waals surface area contributed by atoms with Gasteiger partial charge < -0.3 is 20.9 Å². The lowest BCUT2D eigenvalue weighted by Gasteiger charge is -2.13. The first-order chi connectivity index (χ1) is 8.04. The molecule has 0 saturated heterocycles. The van der Waals surface area contributed by atoms with Gasteiger partial charge in [0.25, 0.3) is 0 Å². The van der Waals surface area contributed by atoms with Crippen LogP contribution in [-0.4, -0.2) is 14.2 Å². The Hall–Kier alpha value is -2.35. The van der Waals surface area contributed by atoms with Crippen LogP contribution >= 0.6 is 0 Å². The molecule has 0 radical (unpaired) electrons. The molecule has 0 atom stereocenters. The zero-order chi connectivity index (χ0) is 13.0. The van der Waals surface area contributed by atoms with Gasteiger partial charge in [0.2, 0.25) is 0 Å². The van der Waals surface area contributed by atoms with Gasteiger partial charge in [-0.15, -0.1) is 0 Å². The van der Waals surface area contributed by atoms with E-state index in [1.54, 1.807) is 19.1 Å². The van der Waals surface area contributed by atoms with E-state index in [2.05, 4.69) is 0 Å². The molecule has 0 amide bonds. The number of hydrogen-bond acceptors (Lipinski definition) is 5. The van der Waals surface area contributed by atoms with Crippen LogP contribution in [0.25, 0.3) is 5.57 Å². The molecule has 0 saturated carbocycles. The highest BCUT2D eigenvalue weighted by Gasteiger charge is 2.12. The van der Waals surface area contributed by atoms with Gasteiger partial charge in [-0.1, -0.05) is 0 Å². The third kappa shape index (κ3) is 2.42. The van der Waals surface area contributed by atoms with Crippen molar-refractivity contribution in [3.05, 3.63) is 23.4 Å². The van der Waals surface area contributed by atoms with Crippen LogP contribution in [0.4, 0.5) is 5.69 Å². The molecule has 0 fully saturated rings. The number of rotatable bonds is 3. The van der Waals surface area contributed by atoms with Gasteiger partial charge in [0, 0.05) is 17.3 Å². The monoisotopic (exact) mass is 233 g/mol. The van der Waals surface area contributed by atoms with E-state index in [4.69, 9.17) is 26.2 Å². The molecule has 17 heavy (non-hydrogen) atoms. The van der Waals surface area contributed by atoms with Gasteiger partial charge in [0.15, 0.2) is 11.5 Å². The molecule has 4 N–H and O–H groups in total. The van der Waals surface area contributed by atoms with E-state index in [9.17, 15) is 0 Å². The summed E-state index contributed by atoms with van der Waals surface area (Å²) in [7, 11) is 3.06. The molecule has 0 aliphatic heterocycles. The Morgan fingerprint density at radius 3 is 2.24 bits per heavy atom. The molecule has 90 valence electrons. The van der Waals surface area contributed by atoms with Crippen LogP contribution in [0.5, 0.6) is 11.5 Å². The highest BCUT2D eigenvalue weighted by atomic mass is 16.5. The molecule has 0 spiro atoms. The van der Waals surface area contributed by atoms with E-state index < -0.39 is 0 Å². The molecular formula is C12H15N3O2. The fraction of sp³-hybridized carbons (Fsp3) is 0.250. The van der Waals surface area contributed by atoms with Crippen LogP contribution in [0, 0.1) is 11.3 Å². The number of nitriles is 1. The third-order valence-electron chi connectivity index (χ3n) is 2.48. The number of nitrogens with two attached hydrogens (primary N) is 2. The van der Waals surface area contributed by atoms with Gasteiger partial charge >= 0.3 is 0 Å². The van der Waals surface area contributed by atoms with Crippen LogP contribution in [0.2, 0.25) is 0 Å². The molecule has 0 aromatic heterocycles. The Morgan fingerprint density at radius 2 is 1.76 bits per heavy atom. The summed E-state index contributed by atoms with van der Waals surface area (Å²) in [6.45, 7) is 1.73. The Labute approximate surface area is 100 Å². The van der Waals surface area contributed by atoms with Crippen molar-refractivity contribution < 1.29 is 9.47 Å². The van der Waals surface area contributed by atoms with Crippen molar-refractivity contribution in [3.63, 3.8) is 0 Å². The molecule has 0 aliphatic rings. The van der Waals surface area contributed by atoms with Crippen LogP contribution < -0.4 is 20.9 Å². The molecule has 0 heterocycles. The number of methoxy groups -OCH3 is 2. The van der Waals surface area contributed by atoms with Crippen molar-refractivity contribution in [3.8, 4) is 17.6 Å². The van der Waals surface area contributed by atoms with Gasteiger partial charge in [-0.05, 0) is 18.6 Å². The standard InChI is InChI=1S/C12H15N3O2/c1-7(10(15)6-13)8-4-11(16-2)12(17-3)5-9(8)14/h4-5H,14-15H2,1-3H3/b10-7-. The second-order valence-corrected chi connectivity index (χ2v) is 3.44. The average Bonchev–Trinajstić information content (AvgIpc) is 2.36. The lowest BCUT2D eigenvalue weighted by atomic mass is 10.0. The van der Waals surface area contributed by atoms with Crippen LogP contribution in [0.3, 0.4) is 0 Å². The van der Waals surface area contributed by atoms with Crippen LogP contribution in [-0.2, 0) is 0 Å². The molecule has 1 aromatic carbocycles.